The Bertz CT molecular complexity index is 1480. The number of hydrogen-bond acceptors (Lipinski definition) is 10. The van der Waals surface area contributed by atoms with Crippen molar-refractivity contribution in [2.24, 2.45) is 23.5 Å². The summed E-state index contributed by atoms with van der Waals surface area (Å²) in [6.45, 7) is 2.28. The molecule has 2 unspecified atom stereocenters. The lowest BCUT2D eigenvalue weighted by atomic mass is 9.57. The van der Waals surface area contributed by atoms with Crippen LogP contribution in [0.3, 0.4) is 0 Å². The number of rotatable bonds is 8. The Labute approximate surface area is 243 Å². The van der Waals surface area contributed by atoms with Gasteiger partial charge in [0.1, 0.15) is 23.2 Å². The van der Waals surface area contributed by atoms with E-state index < -0.39 is 52.7 Å². The molecule has 2 aromatic rings. The van der Waals surface area contributed by atoms with Crippen molar-refractivity contribution in [1.29, 1.82) is 0 Å². The molecule has 11 heteroatoms. The molecule has 0 radical (unpaired) electrons. The highest BCUT2D eigenvalue weighted by Crippen LogP contribution is 2.53. The molecular formula is C31H37N3O8. The van der Waals surface area contributed by atoms with E-state index in [2.05, 4.69) is 10.2 Å². The molecule has 3 aliphatic rings. The molecule has 1 fully saturated rings. The molecule has 42 heavy (non-hydrogen) atoms. The number of phenolic OH excluding ortho intramolecular Hbond substituents is 1. The number of primary amides is 1. The lowest BCUT2D eigenvalue weighted by molar-refractivity contribution is -0.167. The number of carbonyl (C=O) groups is 3. The molecule has 3 aliphatic carbocycles. The molecule has 0 saturated heterocycles. The van der Waals surface area contributed by atoms with Gasteiger partial charge in [-0.2, -0.15) is 0 Å². The number of allylic oxidation sites excluding steroid dienone is 1. The third-order valence-electron chi connectivity index (χ3n) is 8.89. The number of nitrogens with one attached hydrogen (secondary N) is 1. The van der Waals surface area contributed by atoms with Gasteiger partial charge < -0.3 is 41.1 Å². The maximum atomic E-state index is 13.9. The van der Waals surface area contributed by atoms with Gasteiger partial charge in [-0.05, 0) is 74.2 Å². The van der Waals surface area contributed by atoms with Crippen molar-refractivity contribution in [1.82, 2.24) is 10.2 Å². The van der Waals surface area contributed by atoms with Gasteiger partial charge in [0, 0.05) is 36.7 Å². The number of hydrogen-bond donors (Lipinski definition) is 6. The van der Waals surface area contributed by atoms with E-state index in [1.807, 2.05) is 32.3 Å². The van der Waals surface area contributed by atoms with Gasteiger partial charge >= 0.3 is 0 Å². The number of nitrogens with zero attached hydrogens (tertiary/aromatic N) is 1. The number of ether oxygens (including phenoxy) is 1. The van der Waals surface area contributed by atoms with Gasteiger partial charge in [-0.15, -0.1) is 0 Å². The van der Waals surface area contributed by atoms with Gasteiger partial charge in [0.25, 0.3) is 0 Å². The summed E-state index contributed by atoms with van der Waals surface area (Å²) in [4.78, 5) is 41.2. The number of aromatic hydroxyl groups is 1. The van der Waals surface area contributed by atoms with Crippen LogP contribution in [-0.2, 0) is 22.6 Å². The molecule has 5 rings (SSSR count). The quantitative estimate of drug-likeness (QED) is 0.195. The smallest absolute Gasteiger partial charge is 0.230 e. The second-order valence-corrected chi connectivity index (χ2v) is 11.7. The van der Waals surface area contributed by atoms with Crippen LogP contribution in [0.5, 0.6) is 11.5 Å². The summed E-state index contributed by atoms with van der Waals surface area (Å²) >= 11 is 0. The predicted octanol–water partition coefficient (Wildman–Crippen LogP) is 1.07. The third kappa shape index (κ3) is 4.76. The van der Waals surface area contributed by atoms with E-state index in [0.717, 1.165) is 24.2 Å². The van der Waals surface area contributed by atoms with Gasteiger partial charge in [0.15, 0.2) is 17.2 Å². The number of fused-ring (bicyclic) bond motifs is 3. The van der Waals surface area contributed by atoms with E-state index in [4.69, 9.17) is 10.5 Å². The van der Waals surface area contributed by atoms with E-state index >= 15 is 0 Å². The van der Waals surface area contributed by atoms with Crippen LogP contribution >= 0.6 is 0 Å². The number of carbonyl (C=O) groups excluding carboxylic acids is 3. The first kappa shape index (κ1) is 29.7. The van der Waals surface area contributed by atoms with Gasteiger partial charge in [-0.3, -0.25) is 14.4 Å². The average molecular weight is 580 g/mol. The lowest BCUT2D eigenvalue weighted by Crippen LogP contribution is -2.63. The Morgan fingerprint density at radius 2 is 1.88 bits per heavy atom. The summed E-state index contributed by atoms with van der Waals surface area (Å²) in [6.07, 6.45) is -1.26. The minimum atomic E-state index is -2.54. The van der Waals surface area contributed by atoms with Crippen LogP contribution in [0, 0.1) is 17.8 Å². The number of nitrogens with two attached hydrogens (primary N) is 1. The molecule has 224 valence electrons. The molecule has 1 amide bonds. The van der Waals surface area contributed by atoms with Crippen LogP contribution in [0.1, 0.15) is 34.3 Å². The maximum absolute atomic E-state index is 13.9. The highest BCUT2D eigenvalue weighted by Gasteiger charge is 2.62. The highest BCUT2D eigenvalue weighted by atomic mass is 16.5. The summed E-state index contributed by atoms with van der Waals surface area (Å²) in [5, 5.41) is 47.5. The number of ketones is 2. The molecule has 7 N–H and O–H groups in total. The monoisotopic (exact) mass is 579 g/mol. The molecular weight excluding hydrogens is 542 g/mol. The lowest BCUT2D eigenvalue weighted by Gasteiger charge is -2.48. The number of aliphatic hydroxyl groups excluding tert-OH is 2. The third-order valence-corrected chi connectivity index (χ3v) is 8.89. The second-order valence-electron chi connectivity index (χ2n) is 11.7. The Morgan fingerprint density at radius 3 is 2.55 bits per heavy atom. The van der Waals surface area contributed by atoms with Crippen molar-refractivity contribution < 1.29 is 39.5 Å². The first-order valence-electron chi connectivity index (χ1n) is 14.0. The van der Waals surface area contributed by atoms with Crippen LogP contribution in [0.4, 0.5) is 0 Å². The Morgan fingerprint density at radius 1 is 1.14 bits per heavy atom. The van der Waals surface area contributed by atoms with Crippen molar-refractivity contribution in [2.75, 3.05) is 34.3 Å². The average Bonchev–Trinajstić information content (AvgIpc) is 2.93. The zero-order valence-corrected chi connectivity index (χ0v) is 23.9. The van der Waals surface area contributed by atoms with Gasteiger partial charge in [-0.1, -0.05) is 12.1 Å². The zero-order chi connectivity index (χ0) is 30.5. The SMILES string of the molecule is COc1ccc(CNCCN(C)C)cc1-c1ccc(O)c2c1C[C@H]1C[C@H]3CC(O)C(C(N)=O)C(=O)[C@@]3(O)C(O)=C1C2=O. The molecule has 0 aromatic heterocycles. The second kappa shape index (κ2) is 11.1. The van der Waals surface area contributed by atoms with E-state index in [9.17, 15) is 34.8 Å². The van der Waals surface area contributed by atoms with Crippen molar-refractivity contribution in [3.05, 3.63) is 58.4 Å². The molecule has 1 saturated carbocycles. The molecule has 2 aromatic carbocycles. The van der Waals surface area contributed by atoms with Crippen LogP contribution in [0.15, 0.2) is 41.7 Å². The van der Waals surface area contributed by atoms with Crippen molar-refractivity contribution >= 4 is 17.5 Å². The Hall–Kier alpha value is -3.77. The van der Waals surface area contributed by atoms with E-state index in [0.29, 0.717) is 23.4 Å². The molecule has 0 heterocycles. The molecule has 5 atom stereocenters. The largest absolute Gasteiger partial charge is 0.508 e. The van der Waals surface area contributed by atoms with Crippen LogP contribution in [0.25, 0.3) is 11.1 Å². The summed E-state index contributed by atoms with van der Waals surface area (Å²) in [5.41, 5.74) is 5.54. The fourth-order valence-corrected chi connectivity index (χ4v) is 6.79. The summed E-state index contributed by atoms with van der Waals surface area (Å²) in [7, 11) is 5.56. The van der Waals surface area contributed by atoms with Crippen molar-refractivity contribution in [3.8, 4) is 22.6 Å². The van der Waals surface area contributed by atoms with Crippen LogP contribution < -0.4 is 15.8 Å². The normalized spacial score (nSPS) is 27.0. The minimum Gasteiger partial charge on any atom is -0.508 e. The van der Waals surface area contributed by atoms with Gasteiger partial charge in [-0.25, -0.2) is 0 Å². The predicted molar refractivity (Wildman–Crippen MR) is 153 cm³/mol. The zero-order valence-electron chi connectivity index (χ0n) is 23.9. The van der Waals surface area contributed by atoms with E-state index in [1.165, 1.54) is 6.07 Å². The molecule has 11 nitrogen and oxygen atoms in total. The highest BCUT2D eigenvalue weighted by molar-refractivity contribution is 6.16. The van der Waals surface area contributed by atoms with Crippen LogP contribution in [-0.4, -0.2) is 88.8 Å². The molecule has 0 aliphatic heterocycles. The number of phenols is 1. The summed E-state index contributed by atoms with van der Waals surface area (Å²) in [6, 6.07) is 8.90. The van der Waals surface area contributed by atoms with Gasteiger partial charge in [0.05, 0.1) is 18.8 Å². The van der Waals surface area contributed by atoms with Crippen LogP contribution in [0.2, 0.25) is 0 Å². The number of Topliss-reactive ketones (excluding diaryl/α,β-unsaturated/α-hetero) is 2. The fourth-order valence-electron chi connectivity index (χ4n) is 6.79. The number of amides is 1. The number of benzene rings is 2. The minimum absolute atomic E-state index is 0.0290. The summed E-state index contributed by atoms with van der Waals surface area (Å²) < 4.78 is 5.66. The summed E-state index contributed by atoms with van der Waals surface area (Å²) in [5.74, 6) is -6.77. The first-order valence-corrected chi connectivity index (χ1v) is 14.0. The number of likely N-dealkylation sites (N-methyl/N-ethyl adjacent to an activating group) is 1. The fraction of sp³-hybridized carbons (Fsp3) is 0.452. The molecule has 0 bridgehead atoms. The first-order chi connectivity index (χ1) is 19.9. The van der Waals surface area contributed by atoms with E-state index in [-0.39, 0.29) is 36.1 Å². The molecule has 0 spiro atoms. The Kier molecular flexibility index (Phi) is 7.88. The standard InChI is InChI=1S/C31H37N3O8/c1-34(2)9-8-33-14-15-4-7-23(42-3)19(10-15)18-5-6-21(35)25-20(18)12-16-11-17-13-22(36)26(30(32)40)29(39)31(17,41)28(38)24(16)27(25)37/h4-7,10,16-17,22,26,33,35-36,38,41H,8-9,11-14H2,1-3H3,(H2,32,40)/t16-,17+,22?,26?,31+/m1/s1. The van der Waals surface area contributed by atoms with E-state index in [1.54, 1.807) is 13.2 Å². The maximum Gasteiger partial charge on any atom is 0.230 e. The number of aliphatic hydroxyl groups is 3. The van der Waals surface area contributed by atoms with Crippen molar-refractivity contribution in [3.63, 3.8) is 0 Å². The Balaban J connectivity index is 1.58. The number of methoxy groups -OCH3 is 1. The topological polar surface area (TPSA) is 183 Å². The van der Waals surface area contributed by atoms with Gasteiger partial charge in [0.2, 0.25) is 5.91 Å². The van der Waals surface area contributed by atoms with Crippen molar-refractivity contribution in [2.45, 2.75) is 37.5 Å².